The molecule has 0 spiro atoms. The van der Waals surface area contributed by atoms with E-state index < -0.39 is 0 Å². The lowest BCUT2D eigenvalue weighted by Gasteiger charge is -2.13. The summed E-state index contributed by atoms with van der Waals surface area (Å²) in [7, 11) is 0. The fraction of sp³-hybridized carbons (Fsp3) is 0.160. The van der Waals surface area contributed by atoms with Gasteiger partial charge in [0.1, 0.15) is 17.2 Å². The van der Waals surface area contributed by atoms with Crippen LogP contribution < -0.4 is 0 Å². The molecule has 0 unspecified atom stereocenters. The number of nitrogens with zero attached hydrogens (tertiary/aromatic N) is 3. The minimum absolute atomic E-state index is 0.0727. The zero-order chi connectivity index (χ0) is 21.1. The van der Waals surface area contributed by atoms with Gasteiger partial charge >= 0.3 is 0 Å². The lowest BCUT2D eigenvalue weighted by Crippen LogP contribution is -2.00. The average Bonchev–Trinajstić information content (AvgIpc) is 2.75. The largest absolute Gasteiger partial charge is 0.219 e. The van der Waals surface area contributed by atoms with Crippen molar-refractivity contribution in [2.75, 3.05) is 0 Å². The zero-order valence-electron chi connectivity index (χ0n) is 17.1. The molecule has 1 heterocycles. The third-order valence-corrected chi connectivity index (χ3v) is 5.95. The Balaban J connectivity index is 1.72. The van der Waals surface area contributed by atoms with Gasteiger partial charge in [0.25, 0.3) is 0 Å². The molecule has 0 bridgehead atoms. The first kappa shape index (κ1) is 20.2. The van der Waals surface area contributed by atoms with Crippen LogP contribution in [-0.2, 0) is 0 Å². The molecule has 150 valence electrons. The van der Waals surface area contributed by atoms with Crippen LogP contribution in [0.4, 0.5) is 4.39 Å². The molecule has 4 rings (SSSR count). The zero-order valence-corrected chi connectivity index (χ0v) is 17.9. The summed E-state index contributed by atoms with van der Waals surface area (Å²) in [6, 6.07) is 23.0. The van der Waals surface area contributed by atoms with Crippen LogP contribution in [0.5, 0.6) is 0 Å². The van der Waals surface area contributed by atoms with Gasteiger partial charge in [-0.25, -0.2) is 9.37 Å². The number of aromatic nitrogens is 3. The van der Waals surface area contributed by atoms with E-state index in [0.717, 1.165) is 28.1 Å². The molecule has 5 heteroatoms. The van der Waals surface area contributed by atoms with Gasteiger partial charge in [-0.15, -0.1) is 10.2 Å². The maximum atomic E-state index is 13.2. The summed E-state index contributed by atoms with van der Waals surface area (Å²) in [5, 5.41) is 9.61. The highest BCUT2D eigenvalue weighted by Gasteiger charge is 2.16. The van der Waals surface area contributed by atoms with Gasteiger partial charge in [-0.3, -0.25) is 0 Å². The molecule has 3 aromatic carbocycles. The van der Waals surface area contributed by atoms with Gasteiger partial charge in [-0.1, -0.05) is 83.6 Å². The van der Waals surface area contributed by atoms with Crippen LogP contribution in [0, 0.1) is 19.7 Å². The van der Waals surface area contributed by atoms with Crippen molar-refractivity contribution in [3.8, 4) is 22.5 Å². The summed E-state index contributed by atoms with van der Waals surface area (Å²) in [6.45, 7) is 6.18. The Hall–Kier alpha value is -3.05. The van der Waals surface area contributed by atoms with E-state index in [1.165, 1.54) is 35.0 Å². The van der Waals surface area contributed by atoms with E-state index in [1.807, 2.05) is 12.1 Å². The molecule has 0 saturated heterocycles. The molecule has 30 heavy (non-hydrogen) atoms. The van der Waals surface area contributed by atoms with E-state index in [-0.39, 0.29) is 11.1 Å². The summed E-state index contributed by atoms with van der Waals surface area (Å²) < 4.78 is 13.2. The molecule has 0 radical (unpaired) electrons. The second-order valence-corrected chi connectivity index (χ2v) is 8.64. The van der Waals surface area contributed by atoms with Gasteiger partial charge in [-0.2, -0.15) is 0 Å². The molecule has 3 nitrogen and oxygen atoms in total. The summed E-state index contributed by atoms with van der Waals surface area (Å²) in [5.74, 6) is -0.238. The maximum Gasteiger partial charge on any atom is 0.210 e. The average molecular weight is 416 g/mol. The molecule has 0 N–H and O–H groups in total. The minimum atomic E-state index is -0.238. The molecule has 0 aliphatic carbocycles. The van der Waals surface area contributed by atoms with Gasteiger partial charge < -0.3 is 0 Å². The Kier molecular flexibility index (Phi) is 5.91. The Morgan fingerprint density at radius 1 is 0.700 bits per heavy atom. The predicted molar refractivity (Wildman–Crippen MR) is 121 cm³/mol. The van der Waals surface area contributed by atoms with Crippen molar-refractivity contribution in [3.05, 3.63) is 95.3 Å². The number of benzene rings is 3. The van der Waals surface area contributed by atoms with Crippen molar-refractivity contribution in [2.24, 2.45) is 0 Å². The standard InChI is InChI=1S/C25H22FN3S/c1-16-4-8-20(9-5-16)23-24(21-10-6-17(2)7-11-21)28-29-25(27-23)30-18(3)19-12-14-22(26)15-13-19/h4-15,18H,1-3H3/t18-/m0/s1. The van der Waals surface area contributed by atoms with Crippen molar-refractivity contribution >= 4 is 11.8 Å². The third kappa shape index (κ3) is 4.57. The lowest BCUT2D eigenvalue weighted by atomic mass is 10.0. The summed E-state index contributed by atoms with van der Waals surface area (Å²) in [5.41, 5.74) is 6.96. The van der Waals surface area contributed by atoms with E-state index in [1.54, 1.807) is 12.1 Å². The first-order chi connectivity index (χ1) is 14.5. The predicted octanol–water partition coefficient (Wildman–Crippen LogP) is 6.81. The van der Waals surface area contributed by atoms with Crippen molar-refractivity contribution in [1.29, 1.82) is 0 Å². The van der Waals surface area contributed by atoms with Crippen molar-refractivity contribution < 1.29 is 4.39 Å². The van der Waals surface area contributed by atoms with Crippen LogP contribution in [0.3, 0.4) is 0 Å². The molecule has 0 amide bonds. The van der Waals surface area contributed by atoms with Crippen LogP contribution in [0.1, 0.15) is 28.9 Å². The molecule has 0 fully saturated rings. The third-order valence-electron chi connectivity index (χ3n) is 4.94. The van der Waals surface area contributed by atoms with E-state index in [0.29, 0.717) is 5.16 Å². The second-order valence-electron chi connectivity index (χ2n) is 7.34. The van der Waals surface area contributed by atoms with Gasteiger partial charge in [-0.05, 0) is 38.5 Å². The minimum Gasteiger partial charge on any atom is -0.219 e. The first-order valence-corrected chi connectivity index (χ1v) is 10.7. The molecule has 1 atom stereocenters. The number of rotatable bonds is 5. The van der Waals surface area contributed by atoms with Gasteiger partial charge in [0.15, 0.2) is 0 Å². The maximum absolute atomic E-state index is 13.2. The monoisotopic (exact) mass is 415 g/mol. The second kappa shape index (κ2) is 8.76. The molecule has 0 saturated carbocycles. The molecular formula is C25H22FN3S. The molecular weight excluding hydrogens is 393 g/mol. The van der Waals surface area contributed by atoms with Crippen molar-refractivity contribution in [1.82, 2.24) is 15.2 Å². The van der Waals surface area contributed by atoms with Gasteiger partial charge in [0.05, 0.1) is 0 Å². The highest BCUT2D eigenvalue weighted by molar-refractivity contribution is 7.99. The smallest absolute Gasteiger partial charge is 0.210 e. The summed E-state index contributed by atoms with van der Waals surface area (Å²) >= 11 is 1.51. The normalized spacial score (nSPS) is 12.0. The first-order valence-electron chi connectivity index (χ1n) is 9.80. The van der Waals surface area contributed by atoms with E-state index >= 15 is 0 Å². The topological polar surface area (TPSA) is 38.7 Å². The number of aryl methyl sites for hydroxylation is 2. The van der Waals surface area contributed by atoms with E-state index in [2.05, 4.69) is 67.4 Å². The van der Waals surface area contributed by atoms with Crippen LogP contribution in [0.2, 0.25) is 0 Å². The highest BCUT2D eigenvalue weighted by Crippen LogP contribution is 2.35. The Morgan fingerprint density at radius 3 is 1.80 bits per heavy atom. The molecule has 4 aromatic rings. The van der Waals surface area contributed by atoms with Gasteiger partial charge in [0.2, 0.25) is 5.16 Å². The Morgan fingerprint density at radius 2 is 1.23 bits per heavy atom. The highest BCUT2D eigenvalue weighted by atomic mass is 32.2. The van der Waals surface area contributed by atoms with Crippen molar-refractivity contribution in [3.63, 3.8) is 0 Å². The van der Waals surface area contributed by atoms with Crippen LogP contribution in [0.25, 0.3) is 22.5 Å². The van der Waals surface area contributed by atoms with Crippen LogP contribution >= 0.6 is 11.8 Å². The van der Waals surface area contributed by atoms with Crippen LogP contribution in [0.15, 0.2) is 78.0 Å². The number of thioether (sulfide) groups is 1. The van der Waals surface area contributed by atoms with E-state index in [4.69, 9.17) is 4.98 Å². The number of hydrogen-bond donors (Lipinski definition) is 0. The Labute approximate surface area is 180 Å². The Bertz CT molecular complexity index is 1140. The lowest BCUT2D eigenvalue weighted by molar-refractivity contribution is 0.627. The quantitative estimate of drug-likeness (QED) is 0.335. The van der Waals surface area contributed by atoms with Crippen molar-refractivity contribution in [2.45, 2.75) is 31.2 Å². The number of hydrogen-bond acceptors (Lipinski definition) is 4. The van der Waals surface area contributed by atoms with Crippen LogP contribution in [-0.4, -0.2) is 15.2 Å². The molecule has 0 aliphatic rings. The molecule has 1 aromatic heterocycles. The van der Waals surface area contributed by atoms with E-state index in [9.17, 15) is 4.39 Å². The number of halogens is 1. The fourth-order valence-electron chi connectivity index (χ4n) is 3.14. The fourth-order valence-corrected chi connectivity index (χ4v) is 3.98. The molecule has 0 aliphatic heterocycles. The summed E-state index contributed by atoms with van der Waals surface area (Å²) in [4.78, 5) is 4.87. The summed E-state index contributed by atoms with van der Waals surface area (Å²) in [6.07, 6.45) is 0. The van der Waals surface area contributed by atoms with Gasteiger partial charge in [0, 0.05) is 16.4 Å². The SMILES string of the molecule is Cc1ccc(-c2nnc(S[C@@H](C)c3ccc(F)cc3)nc2-c2ccc(C)cc2)cc1.